The number of aromatic nitrogens is 3. The van der Waals surface area contributed by atoms with Crippen LogP contribution in [0, 0.1) is 12.8 Å². The van der Waals surface area contributed by atoms with Crippen molar-refractivity contribution in [3.63, 3.8) is 0 Å². The number of carbonyl (C=O) groups excluding carboxylic acids is 1. The summed E-state index contributed by atoms with van der Waals surface area (Å²) < 4.78 is 41.5. The summed E-state index contributed by atoms with van der Waals surface area (Å²) in [6.07, 6.45) is 2.00. The van der Waals surface area contributed by atoms with E-state index in [1.54, 1.807) is 0 Å². The van der Waals surface area contributed by atoms with Crippen molar-refractivity contribution in [3.8, 4) is 22.2 Å². The molecule has 0 aromatic carbocycles. The van der Waals surface area contributed by atoms with Gasteiger partial charge in [0.15, 0.2) is 6.61 Å². The quantitative estimate of drug-likeness (QED) is 0.309. The number of hydrogen-bond acceptors (Lipinski definition) is 9. The van der Waals surface area contributed by atoms with E-state index in [9.17, 15) is 13.6 Å². The van der Waals surface area contributed by atoms with Gasteiger partial charge in [0.2, 0.25) is 11.8 Å². The highest BCUT2D eigenvalue weighted by atomic mass is 35.5. The van der Waals surface area contributed by atoms with Crippen LogP contribution in [0.25, 0.3) is 10.6 Å². The Balaban J connectivity index is 1.43. The molecule has 3 aromatic rings. The van der Waals surface area contributed by atoms with Crippen LogP contribution in [0.3, 0.4) is 0 Å². The summed E-state index contributed by atoms with van der Waals surface area (Å²) in [6, 6.07) is 7.02. The predicted molar refractivity (Wildman–Crippen MR) is 137 cm³/mol. The highest BCUT2D eigenvalue weighted by molar-refractivity contribution is 7.19. The molecule has 3 heterocycles. The third-order valence-corrected chi connectivity index (χ3v) is 7.26. The number of rotatable bonds is 10. The minimum atomic E-state index is -2.59. The van der Waals surface area contributed by atoms with Crippen LogP contribution in [-0.4, -0.2) is 47.2 Å². The lowest BCUT2D eigenvalue weighted by molar-refractivity contribution is -0.147. The van der Waals surface area contributed by atoms with Gasteiger partial charge in [0, 0.05) is 18.8 Å². The summed E-state index contributed by atoms with van der Waals surface area (Å²) in [7, 11) is 1.41. The molecule has 4 rings (SSSR count). The molecule has 1 aliphatic rings. The van der Waals surface area contributed by atoms with Crippen LogP contribution >= 0.6 is 22.9 Å². The molecule has 1 aliphatic carbocycles. The van der Waals surface area contributed by atoms with Crippen LogP contribution in [0.2, 0.25) is 4.34 Å². The molecule has 0 spiro atoms. The Morgan fingerprint density at radius 2 is 2.11 bits per heavy atom. The van der Waals surface area contributed by atoms with Crippen molar-refractivity contribution in [2.24, 2.45) is 5.92 Å². The van der Waals surface area contributed by atoms with Crippen LogP contribution in [0.15, 0.2) is 30.5 Å². The van der Waals surface area contributed by atoms with E-state index in [2.05, 4.69) is 15.3 Å². The zero-order valence-corrected chi connectivity index (χ0v) is 22.0. The Morgan fingerprint density at radius 3 is 2.86 bits per heavy atom. The first kappa shape index (κ1) is 27.0. The smallest absolute Gasteiger partial charge is 0.308 e. The van der Waals surface area contributed by atoms with Crippen LogP contribution in [0.1, 0.15) is 36.9 Å². The number of anilines is 1. The molecule has 37 heavy (non-hydrogen) atoms. The fourth-order valence-corrected chi connectivity index (χ4v) is 5.42. The molecule has 8 nitrogen and oxygen atoms in total. The number of halogens is 3. The monoisotopic (exact) mass is 552 g/mol. The van der Waals surface area contributed by atoms with Crippen LogP contribution < -0.4 is 14.8 Å². The van der Waals surface area contributed by atoms with Gasteiger partial charge in [-0.15, -0.1) is 11.3 Å². The molecule has 0 amide bonds. The van der Waals surface area contributed by atoms with Crippen LogP contribution in [0.5, 0.6) is 11.6 Å². The fraction of sp³-hybridized carbons (Fsp3) is 0.440. The van der Waals surface area contributed by atoms with Gasteiger partial charge >= 0.3 is 5.97 Å². The first-order valence-corrected chi connectivity index (χ1v) is 13.0. The van der Waals surface area contributed by atoms with Gasteiger partial charge in [0.05, 0.1) is 39.7 Å². The number of pyridine rings is 1. The van der Waals surface area contributed by atoms with Crippen molar-refractivity contribution in [2.75, 3.05) is 19.0 Å². The van der Waals surface area contributed by atoms with Crippen molar-refractivity contribution >= 4 is 34.9 Å². The van der Waals surface area contributed by atoms with E-state index in [0.29, 0.717) is 23.1 Å². The minimum Gasteiger partial charge on any atom is -0.489 e. The molecule has 0 bridgehead atoms. The molecular weight excluding hydrogens is 526 g/mol. The highest BCUT2D eigenvalue weighted by Crippen LogP contribution is 2.37. The van der Waals surface area contributed by atoms with E-state index in [-0.39, 0.29) is 29.8 Å². The van der Waals surface area contributed by atoms with Crippen LogP contribution in [0.4, 0.5) is 14.7 Å². The molecular formula is C25H27ClF2N4O4S. The molecule has 198 valence electrons. The van der Waals surface area contributed by atoms with Crippen LogP contribution in [-0.2, 0) is 16.1 Å². The number of nitrogens with zero attached hydrogens (tertiary/aromatic N) is 3. The molecule has 0 radical (unpaired) electrons. The second-order valence-electron chi connectivity index (χ2n) is 8.59. The second-order valence-corrected chi connectivity index (χ2v) is 10.3. The predicted octanol–water partition coefficient (Wildman–Crippen LogP) is 5.93. The zero-order chi connectivity index (χ0) is 26.4. The summed E-state index contributed by atoms with van der Waals surface area (Å²) in [5, 5.41) is 3.08. The number of methoxy groups -OCH3 is 1. The Labute approximate surface area is 222 Å². The number of esters is 1. The second kappa shape index (κ2) is 12.5. The number of alkyl halides is 2. The standard InChI is InChI=1S/C25H27ClF2N4O4S/c1-14-19(36-17-5-3-4-15(10-17)24(33)34-2)7-6-18(31-14)23-16(11-20(26)37-23)12-30-25-29-9-8-22(32-25)35-13-21(27)28/h6-9,11,15,17,21H,3-5,10,12-13H2,1-2H3,(H,29,30,32)/t15-,17-/m0/s1. The Hall–Kier alpha value is -3.05. The van der Waals surface area contributed by atoms with Crippen molar-refractivity contribution < 1.29 is 27.8 Å². The van der Waals surface area contributed by atoms with E-state index >= 15 is 0 Å². The lowest BCUT2D eigenvalue weighted by Crippen LogP contribution is -2.30. The third kappa shape index (κ3) is 7.26. The first-order chi connectivity index (χ1) is 17.8. The van der Waals surface area contributed by atoms with Crippen molar-refractivity contribution in [1.82, 2.24) is 15.0 Å². The molecule has 0 saturated heterocycles. The van der Waals surface area contributed by atoms with E-state index in [1.807, 2.05) is 25.1 Å². The van der Waals surface area contributed by atoms with E-state index in [0.717, 1.165) is 41.1 Å². The maximum Gasteiger partial charge on any atom is 0.308 e. The maximum atomic E-state index is 12.4. The van der Waals surface area contributed by atoms with Gasteiger partial charge in [-0.25, -0.2) is 18.7 Å². The number of thiophene rings is 1. The van der Waals surface area contributed by atoms with Gasteiger partial charge in [-0.2, -0.15) is 4.98 Å². The maximum absolute atomic E-state index is 12.4. The summed E-state index contributed by atoms with van der Waals surface area (Å²) in [5.74, 6) is 0.651. The van der Waals surface area contributed by atoms with Gasteiger partial charge in [0.25, 0.3) is 6.43 Å². The van der Waals surface area contributed by atoms with Gasteiger partial charge in [-0.1, -0.05) is 11.6 Å². The van der Waals surface area contributed by atoms with Gasteiger partial charge in [0.1, 0.15) is 5.75 Å². The number of nitrogens with one attached hydrogen (secondary N) is 1. The number of aryl methyl sites for hydroxylation is 1. The van der Waals surface area contributed by atoms with Gasteiger partial charge in [-0.3, -0.25) is 4.79 Å². The molecule has 0 unspecified atom stereocenters. The van der Waals surface area contributed by atoms with E-state index in [4.69, 9.17) is 30.8 Å². The topological polar surface area (TPSA) is 95.5 Å². The number of hydrogen-bond donors (Lipinski definition) is 1. The van der Waals surface area contributed by atoms with Gasteiger partial charge in [-0.05, 0) is 56.4 Å². The summed E-state index contributed by atoms with van der Waals surface area (Å²) in [5.41, 5.74) is 2.35. The molecule has 0 aliphatic heterocycles. The Bertz CT molecular complexity index is 1230. The number of carbonyl (C=O) groups is 1. The van der Waals surface area contributed by atoms with E-state index < -0.39 is 13.0 Å². The summed E-state index contributed by atoms with van der Waals surface area (Å²) >= 11 is 7.72. The Kier molecular flexibility index (Phi) is 9.09. The molecule has 1 N–H and O–H groups in total. The lowest BCUT2D eigenvalue weighted by atomic mass is 9.87. The van der Waals surface area contributed by atoms with Crippen molar-refractivity contribution in [1.29, 1.82) is 0 Å². The molecule has 12 heteroatoms. The first-order valence-electron chi connectivity index (χ1n) is 11.8. The lowest BCUT2D eigenvalue weighted by Gasteiger charge is -2.28. The SMILES string of the molecule is COC(=O)[C@H]1CCC[C@H](Oc2ccc(-c3sc(Cl)cc3CNc3nccc(OCC(F)F)n3)nc2C)C1. The van der Waals surface area contributed by atoms with Crippen molar-refractivity contribution in [3.05, 3.63) is 46.1 Å². The Morgan fingerprint density at radius 1 is 1.27 bits per heavy atom. The number of ether oxygens (including phenoxy) is 3. The molecule has 2 atom stereocenters. The summed E-state index contributed by atoms with van der Waals surface area (Å²) in [6.45, 7) is 1.48. The average molecular weight is 553 g/mol. The zero-order valence-electron chi connectivity index (χ0n) is 20.4. The largest absolute Gasteiger partial charge is 0.489 e. The fourth-order valence-electron chi connectivity index (χ4n) is 4.19. The highest BCUT2D eigenvalue weighted by Gasteiger charge is 2.29. The molecule has 3 aromatic heterocycles. The summed E-state index contributed by atoms with van der Waals surface area (Å²) in [4.78, 5) is 25.8. The average Bonchev–Trinajstić information content (AvgIpc) is 3.27. The minimum absolute atomic E-state index is 0.0603. The normalized spacial score (nSPS) is 17.5. The van der Waals surface area contributed by atoms with Crippen molar-refractivity contribution in [2.45, 2.75) is 51.7 Å². The van der Waals surface area contributed by atoms with E-state index in [1.165, 1.54) is 30.7 Å². The van der Waals surface area contributed by atoms with Gasteiger partial charge < -0.3 is 19.5 Å². The molecule has 1 saturated carbocycles. The third-order valence-electron chi connectivity index (χ3n) is 5.93. The molecule has 1 fully saturated rings.